The molecule has 1 aliphatic rings. The largest absolute Gasteiger partial charge is 0.491 e. The lowest BCUT2D eigenvalue weighted by Gasteiger charge is -2.17. The van der Waals surface area contributed by atoms with E-state index in [1.165, 1.54) is 4.31 Å². The maximum atomic E-state index is 12.3. The minimum atomic E-state index is -3.21. The molecule has 144 valence electrons. The molecule has 7 heteroatoms. The molecule has 3 rings (SSSR count). The molecule has 2 aromatic carbocycles. The Morgan fingerprint density at radius 1 is 1.11 bits per heavy atom. The van der Waals surface area contributed by atoms with Crippen LogP contribution in [0.3, 0.4) is 0 Å². The summed E-state index contributed by atoms with van der Waals surface area (Å²) < 4.78 is 30.9. The molecule has 1 saturated heterocycles. The van der Waals surface area contributed by atoms with E-state index < -0.39 is 10.0 Å². The van der Waals surface area contributed by atoms with E-state index in [-0.39, 0.29) is 17.8 Å². The van der Waals surface area contributed by atoms with Crippen molar-refractivity contribution in [2.24, 2.45) is 0 Å². The maximum absolute atomic E-state index is 12.3. The molecule has 0 atom stereocenters. The molecule has 0 bridgehead atoms. The summed E-state index contributed by atoms with van der Waals surface area (Å²) in [7, 11) is -3.21. The average Bonchev–Trinajstić information content (AvgIpc) is 2.99. The third-order valence-corrected chi connectivity index (χ3v) is 6.13. The van der Waals surface area contributed by atoms with Crippen LogP contribution in [0, 0.1) is 0 Å². The van der Waals surface area contributed by atoms with E-state index in [9.17, 15) is 13.2 Å². The van der Waals surface area contributed by atoms with Crippen LogP contribution in [0.4, 0.5) is 5.69 Å². The van der Waals surface area contributed by atoms with Crippen molar-refractivity contribution in [2.45, 2.75) is 32.9 Å². The maximum Gasteiger partial charge on any atom is 0.251 e. The molecule has 2 aromatic rings. The van der Waals surface area contributed by atoms with Gasteiger partial charge in [0.15, 0.2) is 0 Å². The van der Waals surface area contributed by atoms with E-state index in [1.54, 1.807) is 24.3 Å². The fraction of sp³-hybridized carbons (Fsp3) is 0.350. The Morgan fingerprint density at radius 2 is 1.78 bits per heavy atom. The van der Waals surface area contributed by atoms with Gasteiger partial charge in [0.2, 0.25) is 10.0 Å². The van der Waals surface area contributed by atoms with Gasteiger partial charge in [0, 0.05) is 18.7 Å². The predicted molar refractivity (Wildman–Crippen MR) is 106 cm³/mol. The van der Waals surface area contributed by atoms with Crippen LogP contribution in [0.25, 0.3) is 0 Å². The number of nitrogens with zero attached hydrogens (tertiary/aromatic N) is 1. The lowest BCUT2D eigenvalue weighted by atomic mass is 10.1. The molecule has 1 fully saturated rings. The van der Waals surface area contributed by atoms with Crippen molar-refractivity contribution in [3.8, 4) is 5.75 Å². The Morgan fingerprint density at radius 3 is 2.33 bits per heavy atom. The normalized spacial score (nSPS) is 15.7. The van der Waals surface area contributed by atoms with Crippen molar-refractivity contribution in [1.82, 2.24) is 5.32 Å². The summed E-state index contributed by atoms with van der Waals surface area (Å²) in [4.78, 5) is 12.3. The minimum Gasteiger partial charge on any atom is -0.491 e. The number of sulfonamides is 1. The van der Waals surface area contributed by atoms with E-state index in [2.05, 4.69) is 5.32 Å². The minimum absolute atomic E-state index is 0.120. The molecule has 1 N–H and O–H groups in total. The standard InChI is InChI=1S/C20H24N2O4S/c1-15(2)26-19-10-4-16(5-11-19)14-21-20(23)17-6-8-18(9-7-17)22-12-3-13-27(22,24)25/h4-11,15H,3,12-14H2,1-2H3,(H,21,23). The van der Waals surface area contributed by atoms with Crippen molar-refractivity contribution < 1.29 is 17.9 Å². The lowest BCUT2D eigenvalue weighted by Crippen LogP contribution is -2.25. The van der Waals surface area contributed by atoms with E-state index in [0.717, 1.165) is 11.3 Å². The zero-order chi connectivity index (χ0) is 19.4. The Labute approximate surface area is 160 Å². The second kappa shape index (κ2) is 8.00. The summed E-state index contributed by atoms with van der Waals surface area (Å²) in [5.74, 6) is 0.775. The van der Waals surface area contributed by atoms with Crippen LogP contribution >= 0.6 is 0 Å². The first kappa shape index (κ1) is 19.2. The number of ether oxygens (including phenoxy) is 1. The fourth-order valence-electron chi connectivity index (χ4n) is 2.95. The number of nitrogens with one attached hydrogen (secondary N) is 1. The smallest absolute Gasteiger partial charge is 0.251 e. The molecule has 0 saturated carbocycles. The number of benzene rings is 2. The monoisotopic (exact) mass is 388 g/mol. The molecule has 0 radical (unpaired) electrons. The quantitative estimate of drug-likeness (QED) is 0.826. The zero-order valence-corrected chi connectivity index (χ0v) is 16.3. The second-order valence-electron chi connectivity index (χ2n) is 6.78. The van der Waals surface area contributed by atoms with Crippen LogP contribution < -0.4 is 14.4 Å². The lowest BCUT2D eigenvalue weighted by molar-refractivity contribution is 0.0951. The van der Waals surface area contributed by atoms with Crippen LogP contribution in [0.2, 0.25) is 0 Å². The average molecular weight is 388 g/mol. The Bertz CT molecular complexity index is 891. The van der Waals surface area contributed by atoms with Crippen LogP contribution in [-0.2, 0) is 16.6 Å². The van der Waals surface area contributed by atoms with Gasteiger partial charge >= 0.3 is 0 Å². The summed E-state index contributed by atoms with van der Waals surface area (Å²) in [5.41, 5.74) is 2.07. The number of hydrogen-bond acceptors (Lipinski definition) is 4. The molecule has 27 heavy (non-hydrogen) atoms. The predicted octanol–water partition coefficient (Wildman–Crippen LogP) is 2.94. The molecule has 1 aliphatic heterocycles. The van der Waals surface area contributed by atoms with Gasteiger partial charge in [0.25, 0.3) is 5.91 Å². The van der Waals surface area contributed by atoms with Gasteiger partial charge in [-0.05, 0) is 62.2 Å². The molecular formula is C20H24N2O4S. The first-order valence-electron chi connectivity index (χ1n) is 8.99. The van der Waals surface area contributed by atoms with Crippen molar-refractivity contribution in [3.05, 3.63) is 59.7 Å². The fourth-order valence-corrected chi connectivity index (χ4v) is 4.52. The Hall–Kier alpha value is -2.54. The number of anilines is 1. The van der Waals surface area contributed by atoms with E-state index in [4.69, 9.17) is 4.74 Å². The highest BCUT2D eigenvalue weighted by atomic mass is 32.2. The summed E-state index contributed by atoms with van der Waals surface area (Å²) in [5, 5.41) is 2.87. The molecule has 0 aromatic heterocycles. The highest BCUT2D eigenvalue weighted by Crippen LogP contribution is 2.24. The molecule has 0 unspecified atom stereocenters. The molecule has 1 amide bonds. The molecule has 6 nitrogen and oxygen atoms in total. The van der Waals surface area contributed by atoms with Crippen molar-refractivity contribution in [1.29, 1.82) is 0 Å². The first-order valence-corrected chi connectivity index (χ1v) is 10.6. The molecule has 0 aliphatic carbocycles. The van der Waals surface area contributed by atoms with Crippen LogP contribution in [0.5, 0.6) is 5.75 Å². The number of rotatable bonds is 6. The van der Waals surface area contributed by atoms with Gasteiger partial charge in [0.05, 0.1) is 17.5 Å². The van der Waals surface area contributed by atoms with Gasteiger partial charge in [-0.2, -0.15) is 0 Å². The molecule has 0 spiro atoms. The van der Waals surface area contributed by atoms with Crippen LogP contribution in [0.15, 0.2) is 48.5 Å². The number of carbonyl (C=O) groups excluding carboxylic acids is 1. The molecule has 1 heterocycles. The third kappa shape index (κ3) is 4.80. The SMILES string of the molecule is CC(C)Oc1ccc(CNC(=O)c2ccc(N3CCCS3(=O)=O)cc2)cc1. The van der Waals surface area contributed by atoms with Gasteiger partial charge in [-0.25, -0.2) is 8.42 Å². The third-order valence-electron chi connectivity index (χ3n) is 4.26. The van der Waals surface area contributed by atoms with E-state index >= 15 is 0 Å². The van der Waals surface area contributed by atoms with Gasteiger partial charge in [-0.15, -0.1) is 0 Å². The summed E-state index contributed by atoms with van der Waals surface area (Å²) in [6.07, 6.45) is 0.750. The number of hydrogen-bond donors (Lipinski definition) is 1. The van der Waals surface area contributed by atoms with Crippen molar-refractivity contribution in [2.75, 3.05) is 16.6 Å². The zero-order valence-electron chi connectivity index (χ0n) is 15.5. The summed E-state index contributed by atoms with van der Waals surface area (Å²) >= 11 is 0. The summed E-state index contributed by atoms with van der Waals surface area (Å²) in [6.45, 7) is 4.84. The van der Waals surface area contributed by atoms with Gasteiger partial charge < -0.3 is 10.1 Å². The van der Waals surface area contributed by atoms with Crippen LogP contribution in [0.1, 0.15) is 36.2 Å². The van der Waals surface area contributed by atoms with Crippen molar-refractivity contribution >= 4 is 21.6 Å². The first-order chi connectivity index (χ1) is 12.8. The number of carbonyl (C=O) groups is 1. The Kier molecular flexibility index (Phi) is 5.70. The highest BCUT2D eigenvalue weighted by Gasteiger charge is 2.28. The number of amides is 1. The van der Waals surface area contributed by atoms with Crippen molar-refractivity contribution in [3.63, 3.8) is 0 Å². The van der Waals surface area contributed by atoms with Gasteiger partial charge in [-0.1, -0.05) is 12.1 Å². The summed E-state index contributed by atoms with van der Waals surface area (Å²) in [6, 6.07) is 14.3. The van der Waals surface area contributed by atoms with E-state index in [0.29, 0.717) is 30.8 Å². The van der Waals surface area contributed by atoms with E-state index in [1.807, 2.05) is 38.1 Å². The second-order valence-corrected chi connectivity index (χ2v) is 8.79. The van der Waals surface area contributed by atoms with Gasteiger partial charge in [-0.3, -0.25) is 9.10 Å². The topological polar surface area (TPSA) is 75.7 Å². The molecular weight excluding hydrogens is 364 g/mol. The Balaban J connectivity index is 1.58. The van der Waals surface area contributed by atoms with Gasteiger partial charge in [0.1, 0.15) is 5.75 Å². The highest BCUT2D eigenvalue weighted by molar-refractivity contribution is 7.93. The van der Waals surface area contributed by atoms with Crippen LogP contribution in [-0.4, -0.2) is 32.7 Å².